The Labute approximate surface area is 138 Å². The summed E-state index contributed by atoms with van der Waals surface area (Å²) in [5, 5.41) is 0. The van der Waals surface area contributed by atoms with E-state index in [1.807, 2.05) is 31.3 Å². The Morgan fingerprint density at radius 1 is 1.17 bits per heavy atom. The zero-order chi connectivity index (χ0) is 16.2. The molecule has 1 fully saturated rings. The topological polar surface area (TPSA) is 34.6 Å². The molecule has 4 heteroatoms. The van der Waals surface area contributed by atoms with Gasteiger partial charge >= 0.3 is 0 Å². The van der Waals surface area contributed by atoms with Gasteiger partial charge in [0.15, 0.2) is 0 Å². The standard InChI is InChI=1S/C19H24N4/c1-4-20-19-17(15(2)23-12-10-22(3)11-13-23)14-18(21-19)16-8-6-5-7-9-16/h4-9,14,21H,2,10-13H2,1,3H3. The number of hydrogen-bond acceptors (Lipinski definition) is 3. The fraction of sp³-hybridized carbons (Fsp3) is 0.316. The van der Waals surface area contributed by atoms with Crippen molar-refractivity contribution in [3.05, 3.63) is 48.5 Å². The largest absolute Gasteiger partial charge is 0.369 e. The first-order valence-corrected chi connectivity index (χ1v) is 8.09. The van der Waals surface area contributed by atoms with Gasteiger partial charge < -0.3 is 14.8 Å². The van der Waals surface area contributed by atoms with Crippen molar-refractivity contribution < 1.29 is 0 Å². The molecule has 0 radical (unpaired) electrons. The van der Waals surface area contributed by atoms with Gasteiger partial charge in [-0.3, -0.25) is 0 Å². The minimum Gasteiger partial charge on any atom is -0.369 e. The third-order valence-corrected chi connectivity index (χ3v) is 4.34. The van der Waals surface area contributed by atoms with Crippen LogP contribution in [0.3, 0.4) is 0 Å². The van der Waals surface area contributed by atoms with Crippen LogP contribution in [0.25, 0.3) is 17.0 Å². The van der Waals surface area contributed by atoms with Crippen LogP contribution in [0.15, 0.2) is 48.0 Å². The molecule has 23 heavy (non-hydrogen) atoms. The molecule has 2 heterocycles. The van der Waals surface area contributed by atoms with Gasteiger partial charge in [-0.25, -0.2) is 4.99 Å². The molecule has 3 rings (SSSR count). The second-order valence-corrected chi connectivity index (χ2v) is 5.94. The highest BCUT2D eigenvalue weighted by Gasteiger charge is 2.19. The van der Waals surface area contributed by atoms with E-state index in [4.69, 9.17) is 0 Å². The number of hydrogen-bond donors (Lipinski definition) is 1. The molecule has 4 nitrogen and oxygen atoms in total. The van der Waals surface area contributed by atoms with Crippen LogP contribution in [0.4, 0.5) is 5.82 Å². The number of aliphatic imine (C=N–C) groups is 1. The lowest BCUT2D eigenvalue weighted by Crippen LogP contribution is -2.43. The number of H-pyrrole nitrogens is 1. The van der Waals surface area contributed by atoms with Crippen molar-refractivity contribution in [1.82, 2.24) is 14.8 Å². The van der Waals surface area contributed by atoms with Gasteiger partial charge in [0, 0.05) is 49.3 Å². The van der Waals surface area contributed by atoms with Crippen molar-refractivity contribution in [2.45, 2.75) is 6.92 Å². The monoisotopic (exact) mass is 308 g/mol. The lowest BCUT2D eigenvalue weighted by molar-refractivity contribution is 0.207. The van der Waals surface area contributed by atoms with Crippen LogP contribution in [0.2, 0.25) is 0 Å². The smallest absolute Gasteiger partial charge is 0.139 e. The fourth-order valence-corrected chi connectivity index (χ4v) is 2.91. The number of piperazine rings is 1. The Morgan fingerprint density at radius 2 is 1.87 bits per heavy atom. The summed E-state index contributed by atoms with van der Waals surface area (Å²) in [5.41, 5.74) is 4.39. The summed E-state index contributed by atoms with van der Waals surface area (Å²) in [6.07, 6.45) is 1.82. The minimum atomic E-state index is 0.885. The molecule has 120 valence electrons. The number of aromatic amines is 1. The molecule has 0 bridgehead atoms. The molecule has 1 aromatic heterocycles. The van der Waals surface area contributed by atoms with E-state index in [9.17, 15) is 0 Å². The molecule has 0 unspecified atom stereocenters. The molecule has 1 saturated heterocycles. The SMILES string of the molecule is C=C(c1cc(-c2ccccc2)[nH]c1N=CC)N1CCN(C)CC1. The first-order chi connectivity index (χ1) is 11.2. The summed E-state index contributed by atoms with van der Waals surface area (Å²) in [6, 6.07) is 12.5. The Kier molecular flexibility index (Phi) is 4.63. The highest BCUT2D eigenvalue weighted by molar-refractivity contribution is 5.79. The maximum atomic E-state index is 4.51. The van der Waals surface area contributed by atoms with E-state index in [0.717, 1.165) is 54.5 Å². The van der Waals surface area contributed by atoms with Crippen LogP contribution in [0, 0.1) is 0 Å². The molecular weight excluding hydrogens is 284 g/mol. The molecule has 1 aromatic carbocycles. The van der Waals surface area contributed by atoms with Crippen LogP contribution in [-0.4, -0.2) is 54.2 Å². The second kappa shape index (κ2) is 6.84. The molecule has 0 amide bonds. The van der Waals surface area contributed by atoms with Crippen LogP contribution in [0.5, 0.6) is 0 Å². The number of benzene rings is 1. The molecule has 1 N–H and O–H groups in total. The lowest BCUT2D eigenvalue weighted by atomic mass is 10.1. The average Bonchev–Trinajstić information content (AvgIpc) is 3.00. The van der Waals surface area contributed by atoms with Crippen molar-refractivity contribution in [1.29, 1.82) is 0 Å². The van der Waals surface area contributed by atoms with Gasteiger partial charge in [-0.15, -0.1) is 0 Å². The van der Waals surface area contributed by atoms with Gasteiger partial charge in [-0.05, 0) is 25.6 Å². The highest BCUT2D eigenvalue weighted by atomic mass is 15.3. The van der Waals surface area contributed by atoms with Crippen LogP contribution < -0.4 is 0 Å². The van der Waals surface area contributed by atoms with Gasteiger partial charge in [0.1, 0.15) is 5.82 Å². The predicted molar refractivity (Wildman–Crippen MR) is 98.2 cm³/mol. The first-order valence-electron chi connectivity index (χ1n) is 8.09. The van der Waals surface area contributed by atoms with Gasteiger partial charge in [-0.1, -0.05) is 36.9 Å². The number of nitrogens with one attached hydrogen (secondary N) is 1. The second-order valence-electron chi connectivity index (χ2n) is 5.94. The lowest BCUT2D eigenvalue weighted by Gasteiger charge is -2.35. The van der Waals surface area contributed by atoms with E-state index in [0.29, 0.717) is 0 Å². The fourth-order valence-electron chi connectivity index (χ4n) is 2.91. The average molecular weight is 308 g/mol. The van der Waals surface area contributed by atoms with Crippen molar-refractivity contribution in [2.75, 3.05) is 33.2 Å². The summed E-state index contributed by atoms with van der Waals surface area (Å²) in [4.78, 5) is 12.6. The van der Waals surface area contributed by atoms with Crippen LogP contribution in [-0.2, 0) is 0 Å². The van der Waals surface area contributed by atoms with Gasteiger partial charge in [0.05, 0.1) is 0 Å². The Bertz CT molecular complexity index is 691. The van der Waals surface area contributed by atoms with Crippen molar-refractivity contribution in [3.63, 3.8) is 0 Å². The molecule has 0 saturated carbocycles. The molecule has 1 aliphatic heterocycles. The first kappa shape index (κ1) is 15.6. The Hall–Kier alpha value is -2.33. The maximum Gasteiger partial charge on any atom is 0.139 e. The molecule has 0 atom stereocenters. The minimum absolute atomic E-state index is 0.885. The summed E-state index contributed by atoms with van der Waals surface area (Å²) < 4.78 is 0. The van der Waals surface area contributed by atoms with Crippen LogP contribution in [0.1, 0.15) is 12.5 Å². The van der Waals surface area contributed by atoms with Crippen molar-refractivity contribution in [2.24, 2.45) is 4.99 Å². The summed E-state index contributed by atoms with van der Waals surface area (Å²) in [6.45, 7) is 10.4. The summed E-state index contributed by atoms with van der Waals surface area (Å²) >= 11 is 0. The molecular formula is C19H24N4. The van der Waals surface area contributed by atoms with E-state index in [1.54, 1.807) is 0 Å². The summed E-state index contributed by atoms with van der Waals surface area (Å²) in [5.74, 6) is 0.885. The predicted octanol–water partition coefficient (Wildman–Crippen LogP) is 3.62. The molecule has 1 aliphatic rings. The number of aromatic nitrogens is 1. The third-order valence-electron chi connectivity index (χ3n) is 4.34. The van der Waals surface area contributed by atoms with E-state index < -0.39 is 0 Å². The van der Waals surface area contributed by atoms with Gasteiger partial charge in [-0.2, -0.15) is 0 Å². The van der Waals surface area contributed by atoms with E-state index >= 15 is 0 Å². The van der Waals surface area contributed by atoms with E-state index in [2.05, 4.69) is 51.6 Å². The van der Waals surface area contributed by atoms with Crippen LogP contribution >= 0.6 is 0 Å². The number of nitrogens with zero attached hydrogens (tertiary/aromatic N) is 3. The van der Waals surface area contributed by atoms with Crippen molar-refractivity contribution in [3.8, 4) is 11.3 Å². The Balaban J connectivity index is 1.91. The Morgan fingerprint density at radius 3 is 2.52 bits per heavy atom. The highest BCUT2D eigenvalue weighted by Crippen LogP contribution is 2.32. The number of likely N-dealkylation sites (N-methyl/N-ethyl adjacent to an activating group) is 1. The van der Waals surface area contributed by atoms with Gasteiger partial charge in [0.25, 0.3) is 0 Å². The number of rotatable bonds is 4. The zero-order valence-corrected chi connectivity index (χ0v) is 13.9. The molecule has 0 spiro atoms. The summed E-state index contributed by atoms with van der Waals surface area (Å²) in [7, 11) is 2.16. The normalized spacial score (nSPS) is 16.2. The van der Waals surface area contributed by atoms with E-state index in [-0.39, 0.29) is 0 Å². The third kappa shape index (κ3) is 3.37. The molecule has 0 aliphatic carbocycles. The van der Waals surface area contributed by atoms with Gasteiger partial charge in [0.2, 0.25) is 0 Å². The quantitative estimate of drug-likeness (QED) is 0.875. The zero-order valence-electron chi connectivity index (χ0n) is 13.9. The van der Waals surface area contributed by atoms with E-state index in [1.165, 1.54) is 0 Å². The van der Waals surface area contributed by atoms with Crippen molar-refractivity contribution >= 4 is 17.7 Å². The molecule has 2 aromatic rings. The maximum absolute atomic E-state index is 4.51.